The average Bonchev–Trinajstić information content (AvgIpc) is 3.31. The van der Waals surface area contributed by atoms with Gasteiger partial charge in [0.25, 0.3) is 0 Å². The van der Waals surface area contributed by atoms with Crippen LogP contribution in [0.3, 0.4) is 0 Å². The van der Waals surface area contributed by atoms with Crippen molar-refractivity contribution < 1.29 is 42.7 Å². The summed E-state index contributed by atoms with van der Waals surface area (Å²) in [5.41, 5.74) is 1.24. The van der Waals surface area contributed by atoms with Crippen LogP contribution in [0.15, 0.2) is 60.7 Å². The van der Waals surface area contributed by atoms with E-state index >= 15 is 0 Å². The lowest BCUT2D eigenvalue weighted by atomic mass is 9.98. The molecular weight excluding hydrogens is 566 g/mol. The van der Waals surface area contributed by atoms with Crippen LogP contribution in [0.5, 0.6) is 11.5 Å². The number of carbonyl (C=O) groups is 2. The monoisotopic (exact) mass is 609 g/mol. The Labute approximate surface area is 259 Å². The van der Waals surface area contributed by atoms with Crippen molar-refractivity contribution in [3.05, 3.63) is 77.4 Å². The number of fused-ring (bicyclic) bond motifs is 2. The minimum atomic E-state index is -0.909. The highest BCUT2D eigenvalue weighted by molar-refractivity contribution is 5.97. The molecular formula is C34H43NO9. The minimum absolute atomic E-state index is 0.0643. The van der Waals surface area contributed by atoms with Crippen molar-refractivity contribution in [3.63, 3.8) is 0 Å². The van der Waals surface area contributed by atoms with Gasteiger partial charge in [-0.05, 0) is 64.1 Å². The topological polar surface area (TPSA) is 111 Å². The molecule has 5 atom stereocenters. The van der Waals surface area contributed by atoms with E-state index in [4.69, 9.17) is 33.2 Å². The van der Waals surface area contributed by atoms with E-state index in [-0.39, 0.29) is 24.0 Å². The molecule has 44 heavy (non-hydrogen) atoms. The Bertz CT molecular complexity index is 1320. The fourth-order valence-electron chi connectivity index (χ4n) is 4.96. The zero-order chi connectivity index (χ0) is 31.7. The Hall–Kier alpha value is -3.70. The summed E-state index contributed by atoms with van der Waals surface area (Å²) < 4.78 is 41.4. The quantitative estimate of drug-likeness (QED) is 0.177. The number of rotatable bonds is 9. The van der Waals surface area contributed by atoms with Crippen LogP contribution in [0.1, 0.15) is 60.4 Å². The molecule has 0 spiro atoms. The fourth-order valence-corrected chi connectivity index (χ4v) is 4.96. The van der Waals surface area contributed by atoms with E-state index in [1.54, 1.807) is 42.5 Å². The third kappa shape index (κ3) is 8.69. The van der Waals surface area contributed by atoms with Crippen molar-refractivity contribution in [3.8, 4) is 11.5 Å². The Morgan fingerprint density at radius 3 is 2.57 bits per heavy atom. The van der Waals surface area contributed by atoms with Gasteiger partial charge < -0.3 is 38.5 Å². The third-order valence-corrected chi connectivity index (χ3v) is 7.36. The lowest BCUT2D eigenvalue weighted by Crippen LogP contribution is -2.37. The Balaban J connectivity index is 1.73. The van der Waals surface area contributed by atoms with Crippen molar-refractivity contribution in [1.82, 2.24) is 5.32 Å². The first-order valence-electron chi connectivity index (χ1n) is 14.9. The Morgan fingerprint density at radius 2 is 1.84 bits per heavy atom. The van der Waals surface area contributed by atoms with Gasteiger partial charge in [0, 0.05) is 25.6 Å². The van der Waals surface area contributed by atoms with E-state index in [1.807, 2.05) is 59.0 Å². The molecule has 0 aromatic heterocycles. The summed E-state index contributed by atoms with van der Waals surface area (Å²) in [5.74, 6) is -1.35. The average molecular weight is 610 g/mol. The lowest BCUT2D eigenvalue weighted by molar-refractivity contribution is -0.152. The molecule has 238 valence electrons. The standard InChI is InChI=1S/C34H43NO9/c1-22-15-16-27(42-32(36)24-11-8-7-9-12-24)31-28(43-34(3,4)44-31)14-10-13-25-19-26(39-18-17-35-5)20-29(40-21-38-6)30(25)33(37)41-23(22)2/h7-13,15-16,19-20,22-23,27-28,31,35H,14,17-18,21H2,1-6H3/b13-10?,16-15-/t22-,23+,27?,28+,31?/m1/s1. The molecule has 1 saturated heterocycles. The van der Waals surface area contributed by atoms with Crippen LogP contribution in [0.2, 0.25) is 0 Å². The number of esters is 2. The van der Waals surface area contributed by atoms with Gasteiger partial charge in [-0.2, -0.15) is 0 Å². The van der Waals surface area contributed by atoms with E-state index in [1.165, 1.54) is 7.11 Å². The van der Waals surface area contributed by atoms with Gasteiger partial charge in [0.15, 0.2) is 12.6 Å². The van der Waals surface area contributed by atoms with Crippen LogP contribution in [-0.4, -0.2) is 76.2 Å². The van der Waals surface area contributed by atoms with Crippen LogP contribution in [0.25, 0.3) is 6.08 Å². The lowest BCUT2D eigenvalue weighted by Gasteiger charge is -2.25. The zero-order valence-electron chi connectivity index (χ0n) is 26.2. The second-order valence-electron chi connectivity index (χ2n) is 11.3. The van der Waals surface area contributed by atoms with Gasteiger partial charge in [0.05, 0.1) is 11.7 Å². The molecule has 2 aliphatic heterocycles. The molecule has 2 aromatic carbocycles. The summed E-state index contributed by atoms with van der Waals surface area (Å²) >= 11 is 0. The van der Waals surface area contributed by atoms with Crippen LogP contribution >= 0.6 is 0 Å². The predicted octanol–water partition coefficient (Wildman–Crippen LogP) is 5.17. The SMILES string of the molecule is CNCCOc1cc2c(c(OCOC)c1)C(=O)O[C@@H](C)[C@H](C)/C=C\C(OC(=O)c1ccccc1)C1OC(C)(C)O[C@H]1CC=C2. The molecule has 0 radical (unpaired) electrons. The second kappa shape index (κ2) is 15.3. The maximum absolute atomic E-state index is 13.7. The Kier molecular flexibility index (Phi) is 11.6. The molecule has 2 aliphatic rings. The van der Waals surface area contributed by atoms with Crippen molar-refractivity contribution in [1.29, 1.82) is 0 Å². The van der Waals surface area contributed by atoms with Crippen molar-refractivity contribution in [2.24, 2.45) is 5.92 Å². The van der Waals surface area contributed by atoms with Crippen molar-refractivity contribution in [2.45, 2.75) is 64.3 Å². The maximum Gasteiger partial charge on any atom is 0.342 e. The van der Waals surface area contributed by atoms with Crippen molar-refractivity contribution in [2.75, 3.05) is 34.1 Å². The molecule has 2 heterocycles. The molecule has 10 nitrogen and oxygen atoms in total. The van der Waals surface area contributed by atoms with Gasteiger partial charge in [0.2, 0.25) is 0 Å². The van der Waals surface area contributed by atoms with E-state index in [0.29, 0.717) is 36.4 Å². The molecule has 0 aliphatic carbocycles. The number of hydrogen-bond acceptors (Lipinski definition) is 10. The fraction of sp³-hybridized carbons (Fsp3) is 0.471. The number of benzene rings is 2. The maximum atomic E-state index is 13.7. The minimum Gasteiger partial charge on any atom is -0.492 e. The molecule has 10 heteroatoms. The van der Waals surface area contributed by atoms with Gasteiger partial charge in [0.1, 0.15) is 42.0 Å². The van der Waals surface area contributed by atoms with Crippen LogP contribution < -0.4 is 14.8 Å². The largest absolute Gasteiger partial charge is 0.492 e. The van der Waals surface area contributed by atoms with Gasteiger partial charge in [-0.1, -0.05) is 43.4 Å². The first kappa shape index (κ1) is 33.2. The number of nitrogens with one attached hydrogen (secondary N) is 1. The molecule has 1 fully saturated rings. The van der Waals surface area contributed by atoms with Crippen LogP contribution in [-0.2, 0) is 23.7 Å². The second-order valence-corrected chi connectivity index (χ2v) is 11.3. The van der Waals surface area contributed by atoms with Gasteiger partial charge in [-0.15, -0.1) is 0 Å². The highest BCUT2D eigenvalue weighted by Crippen LogP contribution is 2.36. The van der Waals surface area contributed by atoms with Crippen LogP contribution in [0, 0.1) is 5.92 Å². The zero-order valence-corrected chi connectivity index (χ0v) is 26.2. The first-order valence-corrected chi connectivity index (χ1v) is 14.9. The summed E-state index contributed by atoms with van der Waals surface area (Å²) in [7, 11) is 3.35. The summed E-state index contributed by atoms with van der Waals surface area (Å²) in [6.45, 7) is 8.39. The van der Waals surface area contributed by atoms with E-state index < -0.39 is 42.1 Å². The molecule has 2 unspecified atom stereocenters. The van der Waals surface area contributed by atoms with Crippen molar-refractivity contribution >= 4 is 18.0 Å². The molecule has 2 aromatic rings. The summed E-state index contributed by atoms with van der Waals surface area (Å²) in [5, 5.41) is 3.05. The number of methoxy groups -OCH3 is 1. The summed E-state index contributed by atoms with van der Waals surface area (Å²) in [6.07, 6.45) is 5.44. The number of carbonyl (C=O) groups excluding carboxylic acids is 2. The molecule has 0 bridgehead atoms. The van der Waals surface area contributed by atoms with Gasteiger partial charge in [-0.25, -0.2) is 9.59 Å². The molecule has 0 amide bonds. The summed E-state index contributed by atoms with van der Waals surface area (Å²) in [4.78, 5) is 26.8. The number of cyclic esters (lactones) is 1. The first-order chi connectivity index (χ1) is 21.1. The van der Waals surface area contributed by atoms with Gasteiger partial charge >= 0.3 is 11.9 Å². The number of likely N-dealkylation sites (N-methyl/N-ethyl adjacent to an activating group) is 1. The van der Waals surface area contributed by atoms with Crippen LogP contribution in [0.4, 0.5) is 0 Å². The highest BCUT2D eigenvalue weighted by atomic mass is 16.8. The van der Waals surface area contributed by atoms with E-state index in [0.717, 1.165) is 0 Å². The van der Waals surface area contributed by atoms with Gasteiger partial charge in [-0.3, -0.25) is 0 Å². The Morgan fingerprint density at radius 1 is 1.07 bits per heavy atom. The highest BCUT2D eigenvalue weighted by Gasteiger charge is 2.45. The normalized spacial score (nSPS) is 25.6. The third-order valence-electron chi connectivity index (χ3n) is 7.36. The molecule has 4 rings (SSSR count). The predicted molar refractivity (Wildman–Crippen MR) is 165 cm³/mol. The number of ether oxygens (including phenoxy) is 7. The smallest absolute Gasteiger partial charge is 0.342 e. The van der Waals surface area contributed by atoms with E-state index in [9.17, 15) is 9.59 Å². The number of hydrogen-bond donors (Lipinski definition) is 1. The summed E-state index contributed by atoms with van der Waals surface area (Å²) in [6, 6.07) is 12.2. The van der Waals surface area contributed by atoms with E-state index in [2.05, 4.69) is 5.32 Å². The molecule has 1 N–H and O–H groups in total. The molecule has 0 saturated carbocycles.